The zero-order valence-electron chi connectivity index (χ0n) is 9.57. The highest BCUT2D eigenvalue weighted by Crippen LogP contribution is 1.98. The van der Waals surface area contributed by atoms with E-state index in [1.807, 2.05) is 19.9 Å². The van der Waals surface area contributed by atoms with E-state index in [0.717, 1.165) is 6.42 Å². The van der Waals surface area contributed by atoms with Crippen LogP contribution in [-0.2, 0) is 6.42 Å². The predicted molar refractivity (Wildman–Crippen MR) is 62.6 cm³/mol. The molecule has 0 spiro atoms. The summed E-state index contributed by atoms with van der Waals surface area (Å²) in [5, 5.41) is 0. The molecule has 2 rings (SSSR count). The van der Waals surface area contributed by atoms with E-state index in [9.17, 15) is 0 Å². The smallest absolute Gasteiger partial charge is 0.190 e. The van der Waals surface area contributed by atoms with Gasteiger partial charge in [-0.2, -0.15) is 0 Å². The Morgan fingerprint density at radius 3 is 2.13 bits per heavy atom. The van der Waals surface area contributed by atoms with Gasteiger partial charge in [0, 0.05) is 6.07 Å². The van der Waals surface area contributed by atoms with Gasteiger partial charge in [0.1, 0.15) is 0 Å². The summed E-state index contributed by atoms with van der Waals surface area (Å²) in [4.78, 5) is 0. The number of nitrogen functional groups attached to an aromatic ring is 1. The molecule has 84 valence electrons. The molecule has 2 aromatic heterocycles. The third kappa shape index (κ3) is 6.43. The van der Waals surface area contributed by atoms with Crippen molar-refractivity contribution in [3.05, 3.63) is 42.6 Å². The maximum absolute atomic E-state index is 5.11. The Morgan fingerprint density at radius 1 is 1.20 bits per heavy atom. The van der Waals surface area contributed by atoms with E-state index in [4.69, 9.17) is 10.2 Å². The van der Waals surface area contributed by atoms with Crippen LogP contribution in [0.15, 0.2) is 45.8 Å². The molecule has 0 amide bonds. The highest BCUT2D eigenvalue weighted by atomic mass is 16.3. The zero-order chi connectivity index (χ0) is 11.5. The van der Waals surface area contributed by atoms with Crippen LogP contribution in [-0.4, -0.2) is 0 Å². The molecule has 3 nitrogen and oxygen atoms in total. The van der Waals surface area contributed by atoms with Crippen LogP contribution >= 0.6 is 0 Å². The maximum atomic E-state index is 5.11. The van der Waals surface area contributed by atoms with Crippen molar-refractivity contribution in [3.8, 4) is 0 Å². The van der Waals surface area contributed by atoms with Gasteiger partial charge in [-0.15, -0.1) is 0 Å². The topological polar surface area (TPSA) is 52.3 Å². The molecular formula is C12H19NO2. The van der Waals surface area contributed by atoms with Gasteiger partial charge in [-0.1, -0.05) is 20.8 Å². The van der Waals surface area contributed by atoms with Gasteiger partial charge in [-0.3, -0.25) is 0 Å². The van der Waals surface area contributed by atoms with Gasteiger partial charge in [-0.05, 0) is 24.1 Å². The van der Waals surface area contributed by atoms with Gasteiger partial charge in [0.15, 0.2) is 5.88 Å². The molecule has 0 unspecified atom stereocenters. The Bertz CT molecular complexity index is 298. The molecule has 0 aliphatic heterocycles. The number of rotatable bonds is 1. The molecule has 0 saturated heterocycles. The quantitative estimate of drug-likeness (QED) is 0.778. The highest BCUT2D eigenvalue weighted by molar-refractivity contribution is 5.20. The summed E-state index contributed by atoms with van der Waals surface area (Å²) in [5.74, 6) is 0.468. The fourth-order valence-corrected chi connectivity index (χ4v) is 0.785. The van der Waals surface area contributed by atoms with Crippen LogP contribution < -0.4 is 5.73 Å². The van der Waals surface area contributed by atoms with Crippen molar-refractivity contribution < 1.29 is 8.83 Å². The van der Waals surface area contributed by atoms with Gasteiger partial charge in [0.05, 0.1) is 18.8 Å². The van der Waals surface area contributed by atoms with Crippen molar-refractivity contribution in [1.82, 2.24) is 0 Å². The summed E-state index contributed by atoms with van der Waals surface area (Å²) < 4.78 is 9.42. The number of nitrogens with two attached hydrogens (primary N) is 1. The second kappa shape index (κ2) is 8.94. The number of aryl methyl sites for hydroxylation is 1. The van der Waals surface area contributed by atoms with E-state index in [1.165, 1.54) is 11.8 Å². The second-order valence-corrected chi connectivity index (χ2v) is 2.50. The summed E-state index contributed by atoms with van der Waals surface area (Å²) in [7, 11) is 0. The van der Waals surface area contributed by atoms with Crippen LogP contribution in [0.4, 0.5) is 5.88 Å². The lowest BCUT2D eigenvalue weighted by atomic mass is 10.3. The molecule has 0 aliphatic carbocycles. The van der Waals surface area contributed by atoms with Crippen molar-refractivity contribution in [2.45, 2.75) is 27.2 Å². The number of furan rings is 2. The summed E-state index contributed by atoms with van der Waals surface area (Å²) in [5.41, 5.74) is 6.38. The first-order valence-electron chi connectivity index (χ1n) is 5.13. The average molecular weight is 209 g/mol. The second-order valence-electron chi connectivity index (χ2n) is 2.50. The zero-order valence-corrected chi connectivity index (χ0v) is 9.57. The monoisotopic (exact) mass is 209 g/mol. The van der Waals surface area contributed by atoms with Crippen LogP contribution in [0.1, 0.15) is 26.3 Å². The van der Waals surface area contributed by atoms with Crippen LogP contribution in [0.3, 0.4) is 0 Å². The lowest BCUT2D eigenvalue weighted by molar-refractivity contribution is 0.564. The lowest BCUT2D eigenvalue weighted by Gasteiger charge is -1.76. The summed E-state index contributed by atoms with van der Waals surface area (Å²) in [6.07, 6.45) is 6.06. The maximum Gasteiger partial charge on any atom is 0.190 e. The molecule has 0 saturated carbocycles. The van der Waals surface area contributed by atoms with Crippen molar-refractivity contribution in [3.63, 3.8) is 0 Å². The SMILES string of the molecule is CC.CCc1ccoc1.Nc1ccco1. The molecule has 0 aromatic carbocycles. The van der Waals surface area contributed by atoms with Crippen LogP contribution in [0, 0.1) is 0 Å². The van der Waals surface area contributed by atoms with Crippen molar-refractivity contribution in [1.29, 1.82) is 0 Å². The molecule has 0 fully saturated rings. The predicted octanol–water partition coefficient (Wildman–Crippen LogP) is 3.73. The van der Waals surface area contributed by atoms with E-state index in [-0.39, 0.29) is 0 Å². The van der Waals surface area contributed by atoms with Crippen LogP contribution in [0.25, 0.3) is 0 Å². The van der Waals surface area contributed by atoms with E-state index >= 15 is 0 Å². The van der Waals surface area contributed by atoms with Gasteiger partial charge in [0.25, 0.3) is 0 Å². The number of hydrogen-bond donors (Lipinski definition) is 1. The normalized spacial score (nSPS) is 8.20. The Morgan fingerprint density at radius 2 is 1.93 bits per heavy atom. The first-order valence-corrected chi connectivity index (χ1v) is 5.13. The van der Waals surface area contributed by atoms with Gasteiger partial charge in [0.2, 0.25) is 0 Å². The summed E-state index contributed by atoms with van der Waals surface area (Å²) >= 11 is 0. The van der Waals surface area contributed by atoms with Crippen molar-refractivity contribution in [2.75, 3.05) is 5.73 Å². The molecule has 0 bridgehead atoms. The number of hydrogen-bond acceptors (Lipinski definition) is 3. The first kappa shape index (κ1) is 13.4. The molecular weight excluding hydrogens is 190 g/mol. The molecule has 2 N–H and O–H groups in total. The third-order valence-corrected chi connectivity index (χ3v) is 1.53. The van der Waals surface area contributed by atoms with E-state index < -0.39 is 0 Å². The van der Waals surface area contributed by atoms with E-state index in [1.54, 1.807) is 24.7 Å². The lowest BCUT2D eigenvalue weighted by Crippen LogP contribution is -1.74. The third-order valence-electron chi connectivity index (χ3n) is 1.53. The van der Waals surface area contributed by atoms with Crippen molar-refractivity contribution >= 4 is 5.88 Å². The fraction of sp³-hybridized carbons (Fsp3) is 0.333. The Balaban J connectivity index is 0.000000227. The Kier molecular flexibility index (Phi) is 7.96. The standard InChI is InChI=1S/C6H8O.C4H5NO.C2H6/c1-2-6-3-4-7-5-6;5-4-2-1-3-6-4;1-2/h3-5H,2H2,1H3;1-3H,5H2;1-2H3. The molecule has 2 aromatic rings. The van der Waals surface area contributed by atoms with Crippen LogP contribution in [0.5, 0.6) is 0 Å². The minimum absolute atomic E-state index is 0.468. The van der Waals surface area contributed by atoms with Gasteiger partial charge < -0.3 is 14.6 Å². The highest BCUT2D eigenvalue weighted by Gasteiger charge is 1.83. The largest absolute Gasteiger partial charge is 0.472 e. The molecule has 15 heavy (non-hydrogen) atoms. The Hall–Kier alpha value is -1.64. The Labute approximate surface area is 90.9 Å². The fourth-order valence-electron chi connectivity index (χ4n) is 0.785. The molecule has 0 aliphatic rings. The minimum Gasteiger partial charge on any atom is -0.472 e. The van der Waals surface area contributed by atoms with Crippen LogP contribution in [0.2, 0.25) is 0 Å². The van der Waals surface area contributed by atoms with Crippen molar-refractivity contribution in [2.24, 2.45) is 0 Å². The summed E-state index contributed by atoms with van der Waals surface area (Å²) in [6.45, 7) is 6.10. The summed E-state index contributed by atoms with van der Waals surface area (Å²) in [6, 6.07) is 5.41. The molecule has 3 heteroatoms. The average Bonchev–Trinajstić information content (AvgIpc) is 2.93. The van der Waals surface area contributed by atoms with Gasteiger partial charge in [-0.25, -0.2) is 0 Å². The van der Waals surface area contributed by atoms with E-state index in [2.05, 4.69) is 11.3 Å². The van der Waals surface area contributed by atoms with E-state index in [0.29, 0.717) is 5.88 Å². The molecule has 2 heterocycles. The van der Waals surface area contributed by atoms with Gasteiger partial charge >= 0.3 is 0 Å². The molecule has 0 radical (unpaired) electrons. The minimum atomic E-state index is 0.468. The number of anilines is 1. The molecule has 0 atom stereocenters. The first-order chi connectivity index (χ1) is 7.33.